The van der Waals surface area contributed by atoms with Crippen LogP contribution in [0.5, 0.6) is 11.5 Å². The molecule has 2 amide bonds. The lowest BCUT2D eigenvalue weighted by Crippen LogP contribution is -2.47. The van der Waals surface area contributed by atoms with Gasteiger partial charge in [0.15, 0.2) is 11.5 Å². The van der Waals surface area contributed by atoms with E-state index in [-0.39, 0.29) is 18.4 Å². The Labute approximate surface area is 200 Å². The van der Waals surface area contributed by atoms with Crippen LogP contribution >= 0.6 is 22.9 Å². The summed E-state index contributed by atoms with van der Waals surface area (Å²) < 4.78 is 10.6. The Morgan fingerprint density at radius 1 is 1.18 bits per heavy atom. The topological polar surface area (TPSA) is 92.8 Å². The van der Waals surface area contributed by atoms with Crippen molar-refractivity contribution in [2.24, 2.45) is 0 Å². The second-order valence-corrected chi connectivity index (χ2v) is 8.80. The van der Waals surface area contributed by atoms with E-state index in [2.05, 4.69) is 15.6 Å². The fraction of sp³-hybridized carbons (Fsp3) is 0.261. The number of aryl methyl sites for hydroxylation is 1. The molecule has 2 heterocycles. The van der Waals surface area contributed by atoms with E-state index in [1.165, 1.54) is 11.3 Å². The maximum Gasteiger partial charge on any atom is 0.267 e. The van der Waals surface area contributed by atoms with Gasteiger partial charge in [-0.15, -0.1) is 11.3 Å². The molecule has 2 aromatic carbocycles. The second kappa shape index (κ2) is 9.68. The molecule has 0 bridgehead atoms. The van der Waals surface area contributed by atoms with Crippen LogP contribution in [0.4, 0.5) is 11.4 Å². The molecule has 2 N–H and O–H groups in total. The van der Waals surface area contributed by atoms with Gasteiger partial charge in [0.2, 0.25) is 5.91 Å². The number of piperazine rings is 1. The van der Waals surface area contributed by atoms with E-state index in [0.717, 1.165) is 11.3 Å². The molecule has 0 aliphatic carbocycles. The highest BCUT2D eigenvalue weighted by Gasteiger charge is 2.20. The number of carbonyl (C=O) groups is 2. The number of methoxy groups -OCH3 is 2. The predicted molar refractivity (Wildman–Crippen MR) is 130 cm³/mol. The summed E-state index contributed by atoms with van der Waals surface area (Å²) in [6, 6.07) is 10.8. The van der Waals surface area contributed by atoms with Gasteiger partial charge in [0.1, 0.15) is 9.88 Å². The fourth-order valence-electron chi connectivity index (χ4n) is 3.57. The van der Waals surface area contributed by atoms with Crippen molar-refractivity contribution in [3.63, 3.8) is 0 Å². The molecule has 0 atom stereocenters. The van der Waals surface area contributed by atoms with Gasteiger partial charge in [-0.3, -0.25) is 9.59 Å². The minimum Gasteiger partial charge on any atom is -0.493 e. The van der Waals surface area contributed by atoms with Crippen LogP contribution in [0, 0.1) is 6.92 Å². The Balaban J connectivity index is 1.52. The zero-order chi connectivity index (χ0) is 23.5. The number of carbonyl (C=O) groups excluding carboxylic acids is 2. The summed E-state index contributed by atoms with van der Waals surface area (Å²) >= 11 is 7.75. The van der Waals surface area contributed by atoms with E-state index >= 15 is 0 Å². The van der Waals surface area contributed by atoms with Gasteiger partial charge in [-0.25, -0.2) is 4.98 Å². The van der Waals surface area contributed by atoms with E-state index in [1.54, 1.807) is 39.3 Å². The number of ether oxygens (including phenoxy) is 2. The Morgan fingerprint density at radius 3 is 2.67 bits per heavy atom. The molecule has 0 spiro atoms. The number of hydrogen-bond acceptors (Lipinski definition) is 7. The lowest BCUT2D eigenvalue weighted by atomic mass is 10.2. The first-order valence-corrected chi connectivity index (χ1v) is 11.4. The summed E-state index contributed by atoms with van der Waals surface area (Å²) in [5, 5.41) is 6.85. The monoisotopic (exact) mass is 486 g/mol. The number of nitrogens with one attached hydrogen (secondary N) is 2. The molecule has 4 rings (SSSR count). The highest BCUT2D eigenvalue weighted by Crippen LogP contribution is 2.35. The number of hydrogen-bond donors (Lipinski definition) is 2. The number of nitrogens with zero attached hydrogens (tertiary/aromatic N) is 2. The van der Waals surface area contributed by atoms with Gasteiger partial charge in [-0.05, 0) is 43.3 Å². The fourth-order valence-corrected chi connectivity index (χ4v) is 4.83. The van der Waals surface area contributed by atoms with Crippen molar-refractivity contribution in [2.45, 2.75) is 6.92 Å². The number of amides is 2. The molecule has 1 aromatic heterocycles. The van der Waals surface area contributed by atoms with Gasteiger partial charge in [0.25, 0.3) is 5.91 Å². The first-order valence-electron chi connectivity index (χ1n) is 10.2. The summed E-state index contributed by atoms with van der Waals surface area (Å²) in [5.74, 6) is 0.909. The Morgan fingerprint density at radius 2 is 1.97 bits per heavy atom. The highest BCUT2D eigenvalue weighted by atomic mass is 35.5. The summed E-state index contributed by atoms with van der Waals surface area (Å²) in [6.45, 7) is 3.30. The van der Waals surface area contributed by atoms with Gasteiger partial charge in [-0.2, -0.15) is 0 Å². The number of thiazole rings is 1. The van der Waals surface area contributed by atoms with Crippen LogP contribution in [-0.4, -0.2) is 50.7 Å². The Kier molecular flexibility index (Phi) is 6.71. The molecule has 1 fully saturated rings. The summed E-state index contributed by atoms with van der Waals surface area (Å²) in [6.07, 6.45) is 0. The lowest BCUT2D eigenvalue weighted by molar-refractivity contribution is -0.120. The molecule has 8 nitrogen and oxygen atoms in total. The molecule has 0 radical (unpaired) electrons. The lowest BCUT2D eigenvalue weighted by Gasteiger charge is -2.29. The molecule has 10 heteroatoms. The second-order valence-electron chi connectivity index (χ2n) is 7.40. The Hall–Kier alpha value is -3.30. The number of aromatic nitrogens is 1. The summed E-state index contributed by atoms with van der Waals surface area (Å²) in [4.78, 5) is 31.6. The molecule has 1 saturated heterocycles. The van der Waals surface area contributed by atoms with Crippen LogP contribution in [-0.2, 0) is 4.79 Å². The van der Waals surface area contributed by atoms with Gasteiger partial charge < -0.3 is 25.0 Å². The van der Waals surface area contributed by atoms with Crippen LogP contribution < -0.4 is 25.0 Å². The number of rotatable bonds is 6. The SMILES string of the molecule is COc1ccc(-c2nc(C)c(C(=O)Nc3ccc(N4CCNC(=O)C4)c(Cl)c3)s2)cc1OC. The highest BCUT2D eigenvalue weighted by molar-refractivity contribution is 7.17. The first-order chi connectivity index (χ1) is 15.9. The van der Waals surface area contributed by atoms with Crippen molar-refractivity contribution < 1.29 is 19.1 Å². The molecule has 0 saturated carbocycles. The van der Waals surface area contributed by atoms with E-state index in [4.69, 9.17) is 21.1 Å². The van der Waals surface area contributed by atoms with E-state index in [0.29, 0.717) is 50.9 Å². The third-order valence-electron chi connectivity index (χ3n) is 5.22. The minimum absolute atomic E-state index is 0.0411. The first kappa shape index (κ1) is 22.9. The average molecular weight is 487 g/mol. The quantitative estimate of drug-likeness (QED) is 0.547. The van der Waals surface area contributed by atoms with Crippen LogP contribution in [0.1, 0.15) is 15.4 Å². The predicted octanol–water partition coefficient (Wildman–Crippen LogP) is 3.98. The molecule has 33 heavy (non-hydrogen) atoms. The van der Waals surface area contributed by atoms with Crippen molar-refractivity contribution in [1.82, 2.24) is 10.3 Å². The molecule has 1 aliphatic heterocycles. The van der Waals surface area contributed by atoms with Crippen LogP contribution in [0.25, 0.3) is 10.6 Å². The van der Waals surface area contributed by atoms with Crippen molar-refractivity contribution in [3.05, 3.63) is 52.0 Å². The Bertz CT molecular complexity index is 1210. The van der Waals surface area contributed by atoms with E-state index in [1.807, 2.05) is 23.1 Å². The van der Waals surface area contributed by atoms with Gasteiger partial charge in [0, 0.05) is 24.3 Å². The van der Waals surface area contributed by atoms with Crippen LogP contribution in [0.3, 0.4) is 0 Å². The molecule has 1 aliphatic rings. The standard InChI is InChI=1S/C23H23ClN4O4S/c1-13-21(33-23(26-13)14-4-7-18(31-2)19(10-14)32-3)22(30)27-15-5-6-17(16(24)11-15)28-9-8-25-20(29)12-28/h4-7,10-11H,8-9,12H2,1-3H3,(H,25,29)(H,27,30). The number of anilines is 2. The summed E-state index contributed by atoms with van der Waals surface area (Å²) in [7, 11) is 3.15. The van der Waals surface area contributed by atoms with Crippen molar-refractivity contribution >= 4 is 46.1 Å². The van der Waals surface area contributed by atoms with Gasteiger partial charge >= 0.3 is 0 Å². The van der Waals surface area contributed by atoms with Gasteiger partial charge in [-0.1, -0.05) is 11.6 Å². The van der Waals surface area contributed by atoms with E-state index in [9.17, 15) is 9.59 Å². The zero-order valence-electron chi connectivity index (χ0n) is 18.4. The van der Waals surface area contributed by atoms with Gasteiger partial charge in [0.05, 0.1) is 37.2 Å². The average Bonchev–Trinajstić information content (AvgIpc) is 3.20. The largest absolute Gasteiger partial charge is 0.493 e. The maximum absolute atomic E-state index is 13.0. The zero-order valence-corrected chi connectivity index (χ0v) is 20.0. The van der Waals surface area contributed by atoms with Crippen molar-refractivity contribution in [3.8, 4) is 22.1 Å². The minimum atomic E-state index is -0.266. The van der Waals surface area contributed by atoms with E-state index < -0.39 is 0 Å². The number of benzene rings is 2. The summed E-state index contributed by atoms with van der Waals surface area (Å²) in [5.41, 5.74) is 2.78. The van der Waals surface area contributed by atoms with Crippen LogP contribution in [0.15, 0.2) is 36.4 Å². The van der Waals surface area contributed by atoms with Crippen LogP contribution in [0.2, 0.25) is 5.02 Å². The maximum atomic E-state index is 13.0. The molecule has 3 aromatic rings. The van der Waals surface area contributed by atoms with Crippen molar-refractivity contribution in [2.75, 3.05) is 44.1 Å². The third-order valence-corrected chi connectivity index (χ3v) is 6.73. The normalized spacial score (nSPS) is 13.5. The molecule has 0 unspecified atom stereocenters. The molecular formula is C23H23ClN4O4S. The third kappa shape index (κ3) is 4.89. The molecular weight excluding hydrogens is 464 g/mol. The van der Waals surface area contributed by atoms with Crippen molar-refractivity contribution in [1.29, 1.82) is 0 Å². The smallest absolute Gasteiger partial charge is 0.267 e. The molecule has 172 valence electrons. The number of halogens is 1.